The standard InChI is InChI=1S/C22H32N/c1-8-17(9-2)18-12-13-23(7)21(15-18)20-11-10-19(14-16(20)3)22(4,5)6/h10-15,17H,8-9H2,1-7H3/q+1. The van der Waals surface area contributed by atoms with E-state index < -0.39 is 0 Å². The summed E-state index contributed by atoms with van der Waals surface area (Å²) in [5.41, 5.74) is 7.07. The SMILES string of the molecule is CCC(CC)c1cc[n+](C)c(-c2ccc(C(C)(C)C)cc2C)c1. The van der Waals surface area contributed by atoms with Crippen molar-refractivity contribution in [3.63, 3.8) is 0 Å². The van der Waals surface area contributed by atoms with Gasteiger partial charge in [-0.2, -0.15) is 0 Å². The maximum Gasteiger partial charge on any atom is 0.212 e. The van der Waals surface area contributed by atoms with E-state index in [9.17, 15) is 0 Å². The van der Waals surface area contributed by atoms with E-state index in [1.54, 1.807) is 0 Å². The van der Waals surface area contributed by atoms with Gasteiger partial charge >= 0.3 is 0 Å². The number of nitrogens with zero attached hydrogens (tertiary/aromatic N) is 1. The van der Waals surface area contributed by atoms with Crippen LogP contribution in [0.3, 0.4) is 0 Å². The predicted octanol–water partition coefficient (Wildman–Crippen LogP) is 5.69. The number of rotatable bonds is 4. The van der Waals surface area contributed by atoms with Crippen LogP contribution in [0.2, 0.25) is 0 Å². The van der Waals surface area contributed by atoms with Gasteiger partial charge in [-0.05, 0) is 53.9 Å². The Kier molecular flexibility index (Phi) is 5.29. The first-order valence-electron chi connectivity index (χ1n) is 8.89. The molecular weight excluding hydrogens is 278 g/mol. The predicted molar refractivity (Wildman–Crippen MR) is 99.8 cm³/mol. The second-order valence-electron chi connectivity index (χ2n) is 7.75. The molecule has 1 aromatic carbocycles. The van der Waals surface area contributed by atoms with Crippen LogP contribution < -0.4 is 4.57 Å². The van der Waals surface area contributed by atoms with Gasteiger partial charge < -0.3 is 0 Å². The van der Waals surface area contributed by atoms with E-state index >= 15 is 0 Å². The van der Waals surface area contributed by atoms with Gasteiger partial charge in [0.2, 0.25) is 5.69 Å². The van der Waals surface area contributed by atoms with Gasteiger partial charge in [-0.1, -0.05) is 46.8 Å². The van der Waals surface area contributed by atoms with Gasteiger partial charge in [0, 0.05) is 17.7 Å². The van der Waals surface area contributed by atoms with Gasteiger partial charge in [-0.3, -0.25) is 0 Å². The highest BCUT2D eigenvalue weighted by atomic mass is 14.9. The molecule has 1 aromatic heterocycles. The zero-order chi connectivity index (χ0) is 17.2. The van der Waals surface area contributed by atoms with Crippen molar-refractivity contribution in [1.82, 2.24) is 0 Å². The average Bonchev–Trinajstić information content (AvgIpc) is 2.49. The maximum atomic E-state index is 2.39. The van der Waals surface area contributed by atoms with Crippen molar-refractivity contribution in [2.75, 3.05) is 0 Å². The second kappa shape index (κ2) is 6.86. The monoisotopic (exact) mass is 310 g/mol. The number of aromatic nitrogens is 1. The van der Waals surface area contributed by atoms with E-state index in [0.717, 1.165) is 0 Å². The molecule has 124 valence electrons. The van der Waals surface area contributed by atoms with Crippen LogP contribution in [0.4, 0.5) is 0 Å². The van der Waals surface area contributed by atoms with Gasteiger partial charge in [-0.25, -0.2) is 4.57 Å². The lowest BCUT2D eigenvalue weighted by molar-refractivity contribution is -0.660. The van der Waals surface area contributed by atoms with Gasteiger partial charge in [0.25, 0.3) is 0 Å². The van der Waals surface area contributed by atoms with Crippen LogP contribution in [0, 0.1) is 6.92 Å². The zero-order valence-electron chi connectivity index (χ0n) is 15.9. The minimum atomic E-state index is 0.197. The third-order valence-corrected chi connectivity index (χ3v) is 5.00. The molecule has 0 unspecified atom stereocenters. The molecule has 0 amide bonds. The Morgan fingerprint density at radius 3 is 2.17 bits per heavy atom. The summed E-state index contributed by atoms with van der Waals surface area (Å²) in [5.74, 6) is 0.657. The summed E-state index contributed by atoms with van der Waals surface area (Å²) in [7, 11) is 2.14. The van der Waals surface area contributed by atoms with Crippen molar-refractivity contribution in [3.8, 4) is 11.3 Å². The summed E-state index contributed by atoms with van der Waals surface area (Å²) in [6.07, 6.45) is 4.61. The molecule has 1 heteroatoms. The Morgan fingerprint density at radius 1 is 1.00 bits per heavy atom. The van der Waals surface area contributed by atoms with E-state index in [2.05, 4.69) is 89.7 Å². The number of hydrogen-bond donors (Lipinski definition) is 0. The lowest BCUT2D eigenvalue weighted by Gasteiger charge is -2.20. The van der Waals surface area contributed by atoms with Crippen LogP contribution in [-0.4, -0.2) is 0 Å². The number of pyridine rings is 1. The molecule has 2 aromatic rings. The molecule has 0 saturated carbocycles. The highest BCUT2D eigenvalue weighted by Crippen LogP contribution is 2.30. The maximum absolute atomic E-state index is 2.39. The molecule has 0 aliphatic rings. The number of hydrogen-bond acceptors (Lipinski definition) is 0. The molecule has 23 heavy (non-hydrogen) atoms. The minimum Gasteiger partial charge on any atom is -0.201 e. The van der Waals surface area contributed by atoms with Gasteiger partial charge in [-0.15, -0.1) is 0 Å². The Bertz CT molecular complexity index is 673. The molecule has 0 fully saturated rings. The van der Waals surface area contributed by atoms with Crippen LogP contribution in [0.1, 0.15) is 70.1 Å². The smallest absolute Gasteiger partial charge is 0.201 e. The summed E-state index contributed by atoms with van der Waals surface area (Å²) in [6, 6.07) is 11.6. The molecule has 1 nitrogen and oxygen atoms in total. The van der Waals surface area contributed by atoms with Crippen molar-refractivity contribution < 1.29 is 4.57 Å². The van der Waals surface area contributed by atoms with Crippen LogP contribution >= 0.6 is 0 Å². The molecule has 0 saturated heterocycles. The molecule has 0 spiro atoms. The highest BCUT2D eigenvalue weighted by Gasteiger charge is 2.19. The lowest BCUT2D eigenvalue weighted by atomic mass is 9.85. The van der Waals surface area contributed by atoms with Crippen molar-refractivity contribution in [2.24, 2.45) is 7.05 Å². The van der Waals surface area contributed by atoms with Gasteiger partial charge in [0.05, 0.1) is 0 Å². The van der Waals surface area contributed by atoms with Crippen LogP contribution in [-0.2, 0) is 12.5 Å². The molecule has 0 aliphatic carbocycles. The summed E-state index contributed by atoms with van der Waals surface area (Å²) in [4.78, 5) is 0. The quantitative estimate of drug-likeness (QED) is 0.639. The average molecular weight is 311 g/mol. The van der Waals surface area contributed by atoms with Crippen LogP contribution in [0.25, 0.3) is 11.3 Å². The van der Waals surface area contributed by atoms with E-state index in [4.69, 9.17) is 0 Å². The number of benzene rings is 1. The molecule has 0 radical (unpaired) electrons. The Balaban J connectivity index is 2.51. The van der Waals surface area contributed by atoms with Gasteiger partial charge in [0.1, 0.15) is 7.05 Å². The normalized spacial score (nSPS) is 12.0. The van der Waals surface area contributed by atoms with Crippen molar-refractivity contribution in [1.29, 1.82) is 0 Å². The number of aryl methyl sites for hydroxylation is 2. The summed E-state index contributed by atoms with van der Waals surface area (Å²) in [6.45, 7) is 13.6. The summed E-state index contributed by atoms with van der Waals surface area (Å²) in [5, 5.41) is 0. The lowest BCUT2D eigenvalue weighted by Crippen LogP contribution is -2.31. The van der Waals surface area contributed by atoms with Crippen molar-refractivity contribution >= 4 is 0 Å². The molecular formula is C22H32N+. The molecule has 2 rings (SSSR count). The van der Waals surface area contributed by atoms with E-state index in [0.29, 0.717) is 5.92 Å². The zero-order valence-corrected chi connectivity index (χ0v) is 15.9. The Morgan fingerprint density at radius 2 is 1.65 bits per heavy atom. The fraction of sp³-hybridized carbons (Fsp3) is 0.500. The topological polar surface area (TPSA) is 3.88 Å². The highest BCUT2D eigenvalue weighted by molar-refractivity contribution is 5.62. The Labute approximate surface area is 142 Å². The van der Waals surface area contributed by atoms with E-state index in [1.807, 2.05) is 0 Å². The van der Waals surface area contributed by atoms with Crippen molar-refractivity contribution in [3.05, 3.63) is 53.2 Å². The Hall–Kier alpha value is -1.63. The molecule has 0 aliphatic heterocycles. The first-order valence-corrected chi connectivity index (χ1v) is 8.89. The summed E-state index contributed by atoms with van der Waals surface area (Å²) < 4.78 is 2.24. The summed E-state index contributed by atoms with van der Waals surface area (Å²) >= 11 is 0. The fourth-order valence-corrected chi connectivity index (χ4v) is 3.29. The molecule has 0 atom stereocenters. The molecule has 1 heterocycles. The second-order valence-corrected chi connectivity index (χ2v) is 7.75. The van der Waals surface area contributed by atoms with Crippen LogP contribution in [0.5, 0.6) is 0 Å². The third-order valence-electron chi connectivity index (χ3n) is 5.00. The molecule has 0 bridgehead atoms. The van der Waals surface area contributed by atoms with Gasteiger partial charge in [0.15, 0.2) is 6.20 Å². The molecule has 0 N–H and O–H groups in total. The van der Waals surface area contributed by atoms with Crippen molar-refractivity contribution in [2.45, 2.75) is 65.7 Å². The largest absolute Gasteiger partial charge is 0.212 e. The third kappa shape index (κ3) is 3.83. The minimum absolute atomic E-state index is 0.197. The van der Waals surface area contributed by atoms with E-state index in [1.165, 1.54) is 40.8 Å². The van der Waals surface area contributed by atoms with E-state index in [-0.39, 0.29) is 5.41 Å². The first-order chi connectivity index (χ1) is 10.8. The fourth-order valence-electron chi connectivity index (χ4n) is 3.29. The van der Waals surface area contributed by atoms with Crippen LogP contribution in [0.15, 0.2) is 36.5 Å². The first kappa shape index (κ1) is 17.7.